The summed E-state index contributed by atoms with van der Waals surface area (Å²) in [5.41, 5.74) is -1.13. The average molecular weight is 302 g/mol. The maximum Gasteiger partial charge on any atom is 0.416 e. The minimum atomic E-state index is -4.57. The van der Waals surface area contributed by atoms with Gasteiger partial charge in [0.05, 0.1) is 21.3 Å². The minimum Gasteiger partial charge on any atom is -0.304 e. The van der Waals surface area contributed by atoms with E-state index in [1.54, 1.807) is 0 Å². The summed E-state index contributed by atoms with van der Waals surface area (Å²) in [5, 5.41) is 2.23. The van der Waals surface area contributed by atoms with Gasteiger partial charge in [-0.15, -0.1) is 0 Å². The highest BCUT2D eigenvalue weighted by molar-refractivity contribution is 6.39. The van der Waals surface area contributed by atoms with Crippen molar-refractivity contribution in [2.24, 2.45) is 5.84 Å². The van der Waals surface area contributed by atoms with Gasteiger partial charge in [-0.1, -0.05) is 23.2 Å². The summed E-state index contributed by atoms with van der Waals surface area (Å²) >= 11 is 11.3. The van der Waals surface area contributed by atoms with E-state index in [9.17, 15) is 18.0 Å². The van der Waals surface area contributed by atoms with Gasteiger partial charge in [0, 0.05) is 7.05 Å². The Labute approximate surface area is 110 Å². The van der Waals surface area contributed by atoms with E-state index in [-0.39, 0.29) is 15.7 Å². The smallest absolute Gasteiger partial charge is 0.304 e. The zero-order valence-electron chi connectivity index (χ0n) is 8.98. The summed E-state index contributed by atoms with van der Waals surface area (Å²) in [6.45, 7) is 0. The van der Waals surface area contributed by atoms with Gasteiger partial charge in [0.1, 0.15) is 0 Å². The summed E-state index contributed by atoms with van der Waals surface area (Å²) in [6.07, 6.45) is -4.57. The van der Waals surface area contributed by atoms with E-state index >= 15 is 0 Å². The zero-order valence-corrected chi connectivity index (χ0v) is 10.5. The van der Waals surface area contributed by atoms with Crippen LogP contribution >= 0.6 is 23.2 Å². The number of rotatable bonds is 1. The molecule has 0 aromatic heterocycles. The number of carbonyl (C=O) groups excluding carboxylic acids is 1. The number of nitrogens with one attached hydrogen (secondary N) is 1. The van der Waals surface area contributed by atoms with E-state index in [4.69, 9.17) is 29.0 Å². The lowest BCUT2D eigenvalue weighted by Crippen LogP contribution is -2.37. The minimum absolute atomic E-state index is 0.131. The molecule has 0 fully saturated rings. The number of hydrogen-bond donors (Lipinski definition) is 2. The Morgan fingerprint density at radius 2 is 1.78 bits per heavy atom. The van der Waals surface area contributed by atoms with E-state index in [2.05, 4.69) is 5.32 Å². The number of hydrazine groups is 1. The molecule has 9 heteroatoms. The average Bonchev–Trinajstić information content (AvgIpc) is 2.21. The third-order valence-electron chi connectivity index (χ3n) is 1.92. The van der Waals surface area contributed by atoms with Crippen LogP contribution in [-0.4, -0.2) is 18.1 Å². The Balaban J connectivity index is 3.14. The van der Waals surface area contributed by atoms with Crippen LogP contribution in [0.1, 0.15) is 5.56 Å². The highest BCUT2D eigenvalue weighted by Gasteiger charge is 2.32. The van der Waals surface area contributed by atoms with E-state index in [0.29, 0.717) is 17.1 Å². The number of halogens is 5. The van der Waals surface area contributed by atoms with Crippen LogP contribution in [0.15, 0.2) is 12.1 Å². The largest absolute Gasteiger partial charge is 0.416 e. The molecule has 0 radical (unpaired) electrons. The van der Waals surface area contributed by atoms with Crippen LogP contribution in [-0.2, 0) is 6.18 Å². The predicted molar refractivity (Wildman–Crippen MR) is 62.4 cm³/mol. The molecular formula is C9H8Cl2F3N3O. The number of hydrogen-bond acceptors (Lipinski definition) is 2. The lowest BCUT2D eigenvalue weighted by molar-refractivity contribution is -0.137. The first-order valence-corrected chi connectivity index (χ1v) is 5.24. The lowest BCUT2D eigenvalue weighted by Gasteiger charge is -2.15. The fraction of sp³-hybridized carbons (Fsp3) is 0.222. The Kier molecular flexibility index (Phi) is 4.31. The van der Waals surface area contributed by atoms with Crippen LogP contribution in [0, 0.1) is 0 Å². The molecule has 3 N–H and O–H groups in total. The Hall–Kier alpha value is -1.18. The van der Waals surface area contributed by atoms with Crippen LogP contribution in [0.4, 0.5) is 23.7 Å². The fourth-order valence-corrected chi connectivity index (χ4v) is 1.63. The number of carbonyl (C=O) groups is 1. The third-order valence-corrected chi connectivity index (χ3v) is 2.52. The van der Waals surface area contributed by atoms with Gasteiger partial charge < -0.3 is 5.32 Å². The first-order valence-electron chi connectivity index (χ1n) is 4.48. The van der Waals surface area contributed by atoms with Gasteiger partial charge in [-0.05, 0) is 12.1 Å². The van der Waals surface area contributed by atoms with E-state index in [0.717, 1.165) is 0 Å². The molecule has 0 spiro atoms. The molecule has 0 unspecified atom stereocenters. The summed E-state index contributed by atoms with van der Waals surface area (Å²) < 4.78 is 37.3. The molecule has 0 saturated carbocycles. The number of amides is 2. The summed E-state index contributed by atoms with van der Waals surface area (Å²) in [7, 11) is 1.25. The second-order valence-electron chi connectivity index (χ2n) is 3.35. The normalized spacial score (nSPS) is 11.3. The van der Waals surface area contributed by atoms with Crippen LogP contribution < -0.4 is 11.2 Å². The quantitative estimate of drug-likeness (QED) is 0.475. The molecule has 0 aliphatic heterocycles. The van der Waals surface area contributed by atoms with Crippen molar-refractivity contribution in [1.29, 1.82) is 0 Å². The molecule has 100 valence electrons. The van der Waals surface area contributed by atoms with Crippen LogP contribution in [0.5, 0.6) is 0 Å². The van der Waals surface area contributed by atoms with Gasteiger partial charge in [0.15, 0.2) is 0 Å². The molecule has 0 bridgehead atoms. The monoisotopic (exact) mass is 301 g/mol. The van der Waals surface area contributed by atoms with Crippen molar-refractivity contribution in [3.63, 3.8) is 0 Å². The zero-order chi connectivity index (χ0) is 14.1. The number of nitrogens with two attached hydrogens (primary N) is 1. The standard InChI is InChI=1S/C9H8Cl2F3N3O/c1-17(15)8(18)16-7-5(10)2-4(3-6(7)11)9(12,13)14/h2-3H,15H2,1H3,(H,16,18). The number of alkyl halides is 3. The Morgan fingerprint density at radius 1 is 1.33 bits per heavy atom. The molecule has 0 saturated heterocycles. The van der Waals surface area contributed by atoms with Gasteiger partial charge in [-0.2, -0.15) is 13.2 Å². The summed E-state index contributed by atoms with van der Waals surface area (Å²) in [4.78, 5) is 11.2. The maximum absolute atomic E-state index is 12.4. The van der Waals surface area contributed by atoms with E-state index in [1.165, 1.54) is 7.05 Å². The molecule has 1 aromatic carbocycles. The Morgan fingerprint density at radius 3 is 2.11 bits per heavy atom. The van der Waals surface area contributed by atoms with Gasteiger partial charge >= 0.3 is 12.2 Å². The van der Waals surface area contributed by atoms with Crippen LogP contribution in [0.2, 0.25) is 10.0 Å². The number of urea groups is 1. The van der Waals surface area contributed by atoms with Crippen molar-refractivity contribution in [2.75, 3.05) is 12.4 Å². The topological polar surface area (TPSA) is 58.4 Å². The molecule has 0 heterocycles. The maximum atomic E-state index is 12.4. The highest BCUT2D eigenvalue weighted by atomic mass is 35.5. The second kappa shape index (κ2) is 5.21. The van der Waals surface area contributed by atoms with Crippen molar-refractivity contribution < 1.29 is 18.0 Å². The lowest BCUT2D eigenvalue weighted by atomic mass is 10.2. The van der Waals surface area contributed by atoms with Gasteiger partial charge in [0.2, 0.25) is 0 Å². The molecule has 4 nitrogen and oxygen atoms in total. The van der Waals surface area contributed by atoms with E-state index in [1.807, 2.05) is 0 Å². The van der Waals surface area contributed by atoms with Gasteiger partial charge in [-0.3, -0.25) is 5.01 Å². The number of anilines is 1. The molecular weight excluding hydrogens is 294 g/mol. The van der Waals surface area contributed by atoms with Crippen molar-refractivity contribution in [2.45, 2.75) is 6.18 Å². The highest BCUT2D eigenvalue weighted by Crippen LogP contribution is 2.38. The summed E-state index contributed by atoms with van der Waals surface area (Å²) in [6, 6.07) is 0.567. The molecule has 1 rings (SSSR count). The van der Waals surface area contributed by atoms with Gasteiger partial charge in [-0.25, -0.2) is 10.6 Å². The fourth-order valence-electron chi connectivity index (χ4n) is 1.05. The SMILES string of the molecule is CN(N)C(=O)Nc1c(Cl)cc(C(F)(F)F)cc1Cl. The van der Waals surface area contributed by atoms with Crippen LogP contribution in [0.25, 0.3) is 0 Å². The molecule has 18 heavy (non-hydrogen) atoms. The first kappa shape index (κ1) is 14.9. The molecule has 0 atom stereocenters. The van der Waals surface area contributed by atoms with Gasteiger partial charge in [0.25, 0.3) is 0 Å². The first-order chi connectivity index (χ1) is 8.12. The number of nitrogens with zero attached hydrogens (tertiary/aromatic N) is 1. The van der Waals surface area contributed by atoms with Crippen molar-refractivity contribution in [3.05, 3.63) is 27.7 Å². The van der Waals surface area contributed by atoms with E-state index < -0.39 is 17.8 Å². The van der Waals surface area contributed by atoms with Crippen LogP contribution in [0.3, 0.4) is 0 Å². The van der Waals surface area contributed by atoms with Crippen molar-refractivity contribution in [1.82, 2.24) is 5.01 Å². The molecule has 0 aliphatic rings. The number of benzene rings is 1. The predicted octanol–water partition coefficient (Wildman–Crippen LogP) is 3.35. The molecule has 2 amide bonds. The summed E-state index contributed by atoms with van der Waals surface area (Å²) in [5.74, 6) is 5.14. The molecule has 0 aliphatic carbocycles. The Bertz CT molecular complexity index is 454. The van der Waals surface area contributed by atoms with Crippen molar-refractivity contribution >= 4 is 34.9 Å². The second-order valence-corrected chi connectivity index (χ2v) is 4.17. The third kappa shape index (κ3) is 3.41. The van der Waals surface area contributed by atoms with Crippen molar-refractivity contribution in [3.8, 4) is 0 Å². The molecule has 1 aromatic rings.